The first-order valence-corrected chi connectivity index (χ1v) is 8.39. The molecule has 1 N–H and O–H groups in total. The van der Waals surface area contributed by atoms with Crippen LogP contribution in [0.4, 0.5) is 0 Å². The topological polar surface area (TPSA) is 91.3 Å². The average molecular weight is 354 g/mol. The highest BCUT2D eigenvalue weighted by Gasteiger charge is 2.59. The van der Waals surface area contributed by atoms with Crippen LogP contribution in [-0.4, -0.2) is 53.2 Å². The van der Waals surface area contributed by atoms with Crippen molar-refractivity contribution < 1.29 is 33.6 Å². The van der Waals surface area contributed by atoms with Gasteiger partial charge in [-0.05, 0) is 12.1 Å². The smallest absolute Gasteiger partial charge is 0.303 e. The number of thioether (sulfide) groups is 1. The highest BCUT2D eigenvalue weighted by Crippen LogP contribution is 2.42. The molecular formula is C16H18O7S. The van der Waals surface area contributed by atoms with Crippen LogP contribution in [0.15, 0.2) is 35.2 Å². The normalized spacial score (nSPS) is 34.6. The van der Waals surface area contributed by atoms with Crippen LogP contribution in [0.3, 0.4) is 0 Å². The molecule has 0 spiro atoms. The number of ether oxygens (including phenoxy) is 4. The van der Waals surface area contributed by atoms with Gasteiger partial charge in [0.15, 0.2) is 18.5 Å². The number of aliphatic hydroxyl groups is 1. The number of hydrogen-bond donors (Lipinski definition) is 1. The maximum Gasteiger partial charge on any atom is 0.303 e. The average Bonchev–Trinajstić information content (AvgIpc) is 2.73. The van der Waals surface area contributed by atoms with E-state index < -0.39 is 48.1 Å². The molecule has 24 heavy (non-hydrogen) atoms. The van der Waals surface area contributed by atoms with Gasteiger partial charge < -0.3 is 24.1 Å². The molecule has 0 aromatic heterocycles. The second-order valence-electron chi connectivity index (χ2n) is 5.54. The molecule has 130 valence electrons. The van der Waals surface area contributed by atoms with Crippen LogP contribution in [0.25, 0.3) is 0 Å². The van der Waals surface area contributed by atoms with Gasteiger partial charge in [-0.25, -0.2) is 0 Å². The third-order valence-electron chi connectivity index (χ3n) is 3.71. The summed E-state index contributed by atoms with van der Waals surface area (Å²) in [5.41, 5.74) is -0.588. The van der Waals surface area contributed by atoms with Crippen molar-refractivity contribution in [1.29, 1.82) is 0 Å². The minimum Gasteiger partial charge on any atom is -0.457 e. The molecule has 0 saturated carbocycles. The summed E-state index contributed by atoms with van der Waals surface area (Å²) in [6.07, 6.45) is -4.50. The summed E-state index contributed by atoms with van der Waals surface area (Å²) in [5.74, 6) is -1.03. The van der Waals surface area contributed by atoms with Gasteiger partial charge in [0.05, 0.1) is 0 Å². The van der Waals surface area contributed by atoms with Crippen molar-refractivity contribution >= 4 is 23.7 Å². The van der Waals surface area contributed by atoms with E-state index in [0.717, 1.165) is 4.90 Å². The molecule has 1 aromatic rings. The maximum absolute atomic E-state index is 11.5. The Labute approximate surface area is 143 Å². The molecular weight excluding hydrogens is 336 g/mol. The second-order valence-corrected chi connectivity index (χ2v) is 6.71. The van der Waals surface area contributed by atoms with Crippen molar-refractivity contribution in [3.8, 4) is 0 Å². The fraction of sp³-hybridized carbons (Fsp3) is 0.500. The molecule has 3 rings (SSSR count). The molecule has 0 radical (unpaired) electrons. The minimum atomic E-state index is -1.25. The van der Waals surface area contributed by atoms with Crippen molar-refractivity contribution in [3.05, 3.63) is 30.3 Å². The first kappa shape index (κ1) is 17.2. The molecule has 0 amide bonds. The van der Waals surface area contributed by atoms with Gasteiger partial charge >= 0.3 is 11.9 Å². The maximum atomic E-state index is 11.5. The van der Waals surface area contributed by atoms with Crippen LogP contribution < -0.4 is 0 Å². The fourth-order valence-electron chi connectivity index (χ4n) is 2.83. The lowest BCUT2D eigenvalue weighted by Crippen LogP contribution is -2.55. The molecule has 0 aliphatic carbocycles. The van der Waals surface area contributed by atoms with Gasteiger partial charge in [-0.3, -0.25) is 9.59 Å². The summed E-state index contributed by atoms with van der Waals surface area (Å²) in [6, 6.07) is 9.45. The molecule has 3 unspecified atom stereocenters. The number of aliphatic hydroxyl groups excluding tert-OH is 1. The number of hydrogen-bond acceptors (Lipinski definition) is 8. The summed E-state index contributed by atoms with van der Waals surface area (Å²) < 4.78 is 21.9. The van der Waals surface area contributed by atoms with E-state index in [1.54, 1.807) is 0 Å². The van der Waals surface area contributed by atoms with Gasteiger partial charge in [-0.2, -0.15) is 0 Å². The van der Waals surface area contributed by atoms with Crippen LogP contribution in [0, 0.1) is 0 Å². The van der Waals surface area contributed by atoms with Crippen LogP contribution in [0.5, 0.6) is 0 Å². The molecule has 2 bridgehead atoms. The lowest BCUT2D eigenvalue weighted by Gasteiger charge is -2.38. The first-order valence-electron chi connectivity index (χ1n) is 7.51. The van der Waals surface area contributed by atoms with Gasteiger partial charge in [-0.1, -0.05) is 30.0 Å². The third kappa shape index (κ3) is 3.56. The number of esters is 2. The minimum absolute atomic E-state index is 0.507. The molecule has 6 atom stereocenters. The Morgan fingerprint density at radius 1 is 1.00 bits per heavy atom. The second kappa shape index (κ2) is 7.10. The standard InChI is InChI=1S/C16H18O7S/c1-8(17)20-11-12-14(21-9(2)18)16(23-13(11)15(19)22-12)24-10-6-4-3-5-7-10/h3-7,11-16,19H,1-2H3/t11-,12?,13?,14?,15-,16-/m0/s1. The van der Waals surface area contributed by atoms with Crippen molar-refractivity contribution in [3.63, 3.8) is 0 Å². The lowest BCUT2D eigenvalue weighted by molar-refractivity contribution is -0.190. The van der Waals surface area contributed by atoms with Crippen LogP contribution >= 0.6 is 11.8 Å². The van der Waals surface area contributed by atoms with E-state index >= 15 is 0 Å². The van der Waals surface area contributed by atoms with E-state index in [9.17, 15) is 14.7 Å². The SMILES string of the molecule is CC(=O)OC1C2O[C@H](O)C(O[C@H]1Sc1ccccc1)[C@H]2OC(C)=O. The summed E-state index contributed by atoms with van der Waals surface area (Å²) in [5, 5.41) is 10.0. The van der Waals surface area contributed by atoms with Gasteiger partial charge in [0.2, 0.25) is 0 Å². The van der Waals surface area contributed by atoms with Crippen molar-refractivity contribution in [1.82, 2.24) is 0 Å². The Hall–Kier alpha value is -1.61. The molecule has 2 fully saturated rings. The monoisotopic (exact) mass is 354 g/mol. The molecule has 2 aliphatic heterocycles. The molecule has 2 saturated heterocycles. The van der Waals surface area contributed by atoms with E-state index in [2.05, 4.69) is 0 Å². The van der Waals surface area contributed by atoms with E-state index in [1.807, 2.05) is 30.3 Å². The largest absolute Gasteiger partial charge is 0.457 e. The summed E-state index contributed by atoms with van der Waals surface area (Å²) in [7, 11) is 0. The zero-order chi connectivity index (χ0) is 17.3. The Morgan fingerprint density at radius 2 is 1.62 bits per heavy atom. The van der Waals surface area contributed by atoms with Crippen molar-refractivity contribution in [2.45, 2.75) is 54.9 Å². The van der Waals surface area contributed by atoms with E-state index in [4.69, 9.17) is 18.9 Å². The van der Waals surface area contributed by atoms with Crippen LogP contribution in [-0.2, 0) is 28.5 Å². The molecule has 2 heterocycles. The van der Waals surface area contributed by atoms with E-state index in [0.29, 0.717) is 0 Å². The summed E-state index contributed by atoms with van der Waals surface area (Å²) in [6.45, 7) is 2.54. The molecule has 8 heteroatoms. The molecule has 2 aliphatic rings. The summed E-state index contributed by atoms with van der Waals surface area (Å²) in [4.78, 5) is 23.7. The Balaban J connectivity index is 1.84. The highest BCUT2D eigenvalue weighted by atomic mass is 32.2. The molecule has 7 nitrogen and oxygen atoms in total. The van der Waals surface area contributed by atoms with Crippen LogP contribution in [0.1, 0.15) is 13.8 Å². The summed E-state index contributed by atoms with van der Waals surface area (Å²) >= 11 is 1.35. The third-order valence-corrected chi connectivity index (χ3v) is 4.86. The zero-order valence-corrected chi connectivity index (χ0v) is 14.0. The van der Waals surface area contributed by atoms with Gasteiger partial charge in [0, 0.05) is 18.7 Å². The van der Waals surface area contributed by atoms with Gasteiger partial charge in [0.25, 0.3) is 0 Å². The lowest BCUT2D eigenvalue weighted by atomic mass is 10.0. The predicted molar refractivity (Wildman–Crippen MR) is 82.9 cm³/mol. The Morgan fingerprint density at radius 3 is 2.25 bits per heavy atom. The number of carbonyl (C=O) groups excluding carboxylic acids is 2. The predicted octanol–water partition coefficient (Wildman–Crippen LogP) is 1.08. The zero-order valence-electron chi connectivity index (χ0n) is 13.2. The van der Waals surface area contributed by atoms with Crippen molar-refractivity contribution in [2.75, 3.05) is 0 Å². The van der Waals surface area contributed by atoms with Crippen LogP contribution in [0.2, 0.25) is 0 Å². The fourth-order valence-corrected chi connectivity index (χ4v) is 3.94. The van der Waals surface area contributed by atoms with E-state index in [1.165, 1.54) is 25.6 Å². The number of rotatable bonds is 4. The van der Waals surface area contributed by atoms with Gasteiger partial charge in [-0.15, -0.1) is 0 Å². The highest BCUT2D eigenvalue weighted by molar-refractivity contribution is 7.99. The number of carbonyl (C=O) groups is 2. The number of benzene rings is 1. The van der Waals surface area contributed by atoms with Gasteiger partial charge in [0.1, 0.15) is 17.6 Å². The number of fused-ring (bicyclic) bond motifs is 2. The first-order chi connectivity index (χ1) is 11.5. The van der Waals surface area contributed by atoms with Crippen molar-refractivity contribution in [2.24, 2.45) is 0 Å². The molecule has 1 aromatic carbocycles. The Kier molecular flexibility index (Phi) is 5.09. The Bertz CT molecular complexity index is 608. The van der Waals surface area contributed by atoms with E-state index in [-0.39, 0.29) is 0 Å². The quantitative estimate of drug-likeness (QED) is 0.804.